The number of nitrogens with zero attached hydrogens (tertiary/aromatic N) is 1. The van der Waals surface area contributed by atoms with Crippen molar-refractivity contribution < 1.29 is 0 Å². The molecule has 20 heavy (non-hydrogen) atoms. The molecule has 2 atom stereocenters. The zero-order chi connectivity index (χ0) is 14.8. The molecule has 108 valence electrons. The Morgan fingerprint density at radius 1 is 1.15 bits per heavy atom. The standard InChI is InChI=1S/C18H26N2/c1-13(12-18(2,3)4)11-16(19)14-7-5-9-17-15(14)8-6-10-20-17/h5-10,13,16H,11-12,19H2,1-4H3. The molecule has 2 aromatic rings. The van der Waals surface area contributed by atoms with Crippen molar-refractivity contribution in [2.24, 2.45) is 17.1 Å². The van der Waals surface area contributed by atoms with E-state index >= 15 is 0 Å². The van der Waals surface area contributed by atoms with Gasteiger partial charge in [-0.3, -0.25) is 4.98 Å². The summed E-state index contributed by atoms with van der Waals surface area (Å²) in [6.45, 7) is 9.17. The fraction of sp³-hybridized carbons (Fsp3) is 0.500. The van der Waals surface area contributed by atoms with Crippen LogP contribution >= 0.6 is 0 Å². The third kappa shape index (κ3) is 3.80. The predicted octanol–water partition coefficient (Wildman–Crippen LogP) is 4.70. The molecule has 0 aliphatic rings. The lowest BCUT2D eigenvalue weighted by Crippen LogP contribution is -2.18. The minimum atomic E-state index is 0.0836. The van der Waals surface area contributed by atoms with Gasteiger partial charge in [0.15, 0.2) is 0 Å². The van der Waals surface area contributed by atoms with Crippen molar-refractivity contribution in [3.63, 3.8) is 0 Å². The lowest BCUT2D eigenvalue weighted by atomic mass is 9.82. The molecule has 0 fully saturated rings. The Morgan fingerprint density at radius 2 is 1.90 bits per heavy atom. The Kier molecular flexibility index (Phi) is 4.44. The largest absolute Gasteiger partial charge is 0.324 e. The molecule has 0 saturated carbocycles. The van der Waals surface area contributed by atoms with Crippen LogP contribution in [0, 0.1) is 11.3 Å². The van der Waals surface area contributed by atoms with Crippen LogP contribution in [0.1, 0.15) is 52.1 Å². The van der Waals surface area contributed by atoms with Gasteiger partial charge < -0.3 is 5.73 Å². The van der Waals surface area contributed by atoms with Gasteiger partial charge in [0.05, 0.1) is 5.52 Å². The third-order valence-electron chi connectivity index (χ3n) is 3.70. The zero-order valence-electron chi connectivity index (χ0n) is 13.1. The van der Waals surface area contributed by atoms with Crippen LogP contribution < -0.4 is 5.73 Å². The van der Waals surface area contributed by atoms with Gasteiger partial charge in [0.25, 0.3) is 0 Å². The summed E-state index contributed by atoms with van der Waals surface area (Å²) in [7, 11) is 0. The van der Waals surface area contributed by atoms with Crippen molar-refractivity contribution in [3.05, 3.63) is 42.1 Å². The van der Waals surface area contributed by atoms with Crippen molar-refractivity contribution in [3.8, 4) is 0 Å². The molecule has 0 saturated heterocycles. The number of aromatic nitrogens is 1. The van der Waals surface area contributed by atoms with Gasteiger partial charge in [0, 0.05) is 17.6 Å². The van der Waals surface area contributed by atoms with E-state index in [2.05, 4.69) is 50.9 Å². The van der Waals surface area contributed by atoms with Crippen LogP contribution in [-0.2, 0) is 0 Å². The first-order valence-electron chi connectivity index (χ1n) is 7.46. The Labute approximate surface area is 122 Å². The second-order valence-electron chi connectivity index (χ2n) is 7.13. The smallest absolute Gasteiger partial charge is 0.0705 e. The lowest BCUT2D eigenvalue weighted by molar-refractivity contribution is 0.286. The summed E-state index contributed by atoms with van der Waals surface area (Å²) in [5.41, 5.74) is 9.06. The fourth-order valence-electron chi connectivity index (χ4n) is 3.14. The number of pyridine rings is 1. The van der Waals surface area contributed by atoms with Crippen molar-refractivity contribution in [2.45, 2.75) is 46.6 Å². The quantitative estimate of drug-likeness (QED) is 0.874. The summed E-state index contributed by atoms with van der Waals surface area (Å²) in [5.74, 6) is 0.622. The number of benzene rings is 1. The highest BCUT2D eigenvalue weighted by Crippen LogP contribution is 2.31. The van der Waals surface area contributed by atoms with Crippen LogP contribution in [0.2, 0.25) is 0 Å². The lowest BCUT2D eigenvalue weighted by Gasteiger charge is -2.25. The van der Waals surface area contributed by atoms with Crippen LogP contribution in [-0.4, -0.2) is 4.98 Å². The predicted molar refractivity (Wildman–Crippen MR) is 86.5 cm³/mol. The van der Waals surface area contributed by atoms with Gasteiger partial charge >= 0.3 is 0 Å². The maximum atomic E-state index is 6.45. The van der Waals surface area contributed by atoms with Gasteiger partial charge in [-0.2, -0.15) is 0 Å². The fourth-order valence-corrected chi connectivity index (χ4v) is 3.14. The Morgan fingerprint density at radius 3 is 2.60 bits per heavy atom. The van der Waals surface area contributed by atoms with Crippen molar-refractivity contribution in [1.29, 1.82) is 0 Å². The first kappa shape index (κ1) is 15.0. The molecule has 1 aromatic heterocycles. The van der Waals surface area contributed by atoms with Crippen LogP contribution in [0.3, 0.4) is 0 Å². The monoisotopic (exact) mass is 270 g/mol. The molecule has 0 bridgehead atoms. The van der Waals surface area contributed by atoms with Crippen LogP contribution in [0.15, 0.2) is 36.5 Å². The normalized spacial score (nSPS) is 15.2. The Hall–Kier alpha value is -1.41. The van der Waals surface area contributed by atoms with E-state index in [0.717, 1.165) is 11.9 Å². The van der Waals surface area contributed by atoms with Crippen LogP contribution in [0.25, 0.3) is 10.9 Å². The third-order valence-corrected chi connectivity index (χ3v) is 3.70. The molecule has 2 nitrogen and oxygen atoms in total. The molecule has 2 N–H and O–H groups in total. The summed E-state index contributed by atoms with van der Waals surface area (Å²) >= 11 is 0. The molecule has 0 radical (unpaired) electrons. The molecule has 0 aliphatic heterocycles. The van der Waals surface area contributed by atoms with Crippen molar-refractivity contribution in [1.82, 2.24) is 4.98 Å². The first-order valence-corrected chi connectivity index (χ1v) is 7.46. The molecule has 2 heteroatoms. The summed E-state index contributed by atoms with van der Waals surface area (Å²) < 4.78 is 0. The van der Waals surface area contributed by atoms with E-state index in [9.17, 15) is 0 Å². The molecular weight excluding hydrogens is 244 g/mol. The SMILES string of the molecule is CC(CC(N)c1cccc2ncccc12)CC(C)(C)C. The zero-order valence-corrected chi connectivity index (χ0v) is 13.1. The minimum absolute atomic E-state index is 0.0836. The van der Waals surface area contributed by atoms with Gasteiger partial charge in [0.2, 0.25) is 0 Å². The number of hydrogen-bond acceptors (Lipinski definition) is 2. The van der Waals surface area contributed by atoms with E-state index in [1.807, 2.05) is 18.3 Å². The topological polar surface area (TPSA) is 38.9 Å². The second-order valence-corrected chi connectivity index (χ2v) is 7.13. The van der Waals surface area contributed by atoms with E-state index in [1.165, 1.54) is 17.4 Å². The highest BCUT2D eigenvalue weighted by atomic mass is 14.7. The molecule has 1 aromatic carbocycles. The highest BCUT2D eigenvalue weighted by molar-refractivity contribution is 5.82. The summed E-state index contributed by atoms with van der Waals surface area (Å²) in [6.07, 6.45) is 4.05. The average Bonchev–Trinajstić information content (AvgIpc) is 2.35. The molecule has 1 heterocycles. The Bertz CT molecular complexity index is 564. The summed E-state index contributed by atoms with van der Waals surface area (Å²) in [5, 5.41) is 1.19. The second kappa shape index (κ2) is 5.92. The maximum absolute atomic E-state index is 6.45. The van der Waals surface area contributed by atoms with Gasteiger partial charge in [-0.15, -0.1) is 0 Å². The number of fused-ring (bicyclic) bond motifs is 1. The van der Waals surface area contributed by atoms with Crippen molar-refractivity contribution >= 4 is 10.9 Å². The van der Waals surface area contributed by atoms with E-state index in [4.69, 9.17) is 5.73 Å². The number of hydrogen-bond donors (Lipinski definition) is 1. The van der Waals surface area contributed by atoms with E-state index in [0.29, 0.717) is 11.3 Å². The van der Waals surface area contributed by atoms with Gasteiger partial charge in [-0.1, -0.05) is 45.9 Å². The molecule has 0 amide bonds. The molecular formula is C18H26N2. The van der Waals surface area contributed by atoms with E-state index in [1.54, 1.807) is 0 Å². The molecule has 2 rings (SSSR count). The van der Waals surface area contributed by atoms with Gasteiger partial charge in [-0.05, 0) is 41.9 Å². The number of rotatable bonds is 4. The van der Waals surface area contributed by atoms with Crippen molar-refractivity contribution in [2.75, 3.05) is 0 Å². The molecule has 0 spiro atoms. The highest BCUT2D eigenvalue weighted by Gasteiger charge is 2.19. The summed E-state index contributed by atoms with van der Waals surface area (Å²) in [6, 6.07) is 10.4. The summed E-state index contributed by atoms with van der Waals surface area (Å²) in [4.78, 5) is 4.41. The first-order chi connectivity index (χ1) is 9.37. The van der Waals surface area contributed by atoms with E-state index < -0.39 is 0 Å². The minimum Gasteiger partial charge on any atom is -0.324 e. The number of nitrogens with two attached hydrogens (primary N) is 1. The molecule has 2 unspecified atom stereocenters. The maximum Gasteiger partial charge on any atom is 0.0705 e. The molecule has 0 aliphatic carbocycles. The van der Waals surface area contributed by atoms with Gasteiger partial charge in [0.1, 0.15) is 0 Å². The Balaban J connectivity index is 2.17. The van der Waals surface area contributed by atoms with Gasteiger partial charge in [-0.25, -0.2) is 0 Å². The van der Waals surface area contributed by atoms with Crippen LogP contribution in [0.4, 0.5) is 0 Å². The van der Waals surface area contributed by atoms with Crippen LogP contribution in [0.5, 0.6) is 0 Å². The van der Waals surface area contributed by atoms with E-state index in [-0.39, 0.29) is 6.04 Å². The average molecular weight is 270 g/mol.